The Morgan fingerprint density at radius 3 is 2.32 bits per heavy atom. The number of piperidine rings is 1. The van der Waals surface area contributed by atoms with Gasteiger partial charge in [-0.15, -0.1) is 0 Å². The summed E-state index contributed by atoms with van der Waals surface area (Å²) in [7, 11) is -0.605. The normalized spacial score (nSPS) is 16.9. The second-order valence-electron chi connectivity index (χ2n) is 13.6. The summed E-state index contributed by atoms with van der Waals surface area (Å²) in [5.74, 6) is -2.36. The van der Waals surface area contributed by atoms with Crippen molar-refractivity contribution in [2.45, 2.75) is 68.4 Å². The minimum absolute atomic E-state index is 0.0916. The van der Waals surface area contributed by atoms with Gasteiger partial charge in [-0.1, -0.05) is 18.9 Å². The number of fused-ring (bicyclic) bond motifs is 4. The predicted molar refractivity (Wildman–Crippen MR) is 193 cm³/mol. The first-order chi connectivity index (χ1) is 25.1. The molecular formula is C37H41F3N6O6S. The van der Waals surface area contributed by atoms with Crippen LogP contribution < -0.4 is 13.9 Å². The molecule has 1 N–H and O–H groups in total. The lowest BCUT2D eigenvalue weighted by Crippen LogP contribution is -2.43. The van der Waals surface area contributed by atoms with Crippen LogP contribution in [0.5, 0.6) is 5.88 Å². The van der Waals surface area contributed by atoms with Gasteiger partial charge in [0, 0.05) is 55.2 Å². The van der Waals surface area contributed by atoms with E-state index < -0.39 is 27.6 Å². The van der Waals surface area contributed by atoms with Crippen LogP contribution in [-0.4, -0.2) is 91.8 Å². The summed E-state index contributed by atoms with van der Waals surface area (Å²) in [5.41, 5.74) is 4.91. The smallest absolute Gasteiger partial charge is 0.476 e. The fourth-order valence-electron chi connectivity index (χ4n) is 7.12. The van der Waals surface area contributed by atoms with Crippen LogP contribution in [0.2, 0.25) is 0 Å². The van der Waals surface area contributed by atoms with Crippen LogP contribution in [0.4, 0.5) is 24.5 Å². The minimum atomic E-state index is -5.08. The molecule has 1 saturated heterocycles. The highest BCUT2D eigenvalue weighted by Gasteiger charge is 2.54. The van der Waals surface area contributed by atoms with Crippen molar-refractivity contribution in [3.05, 3.63) is 66.2 Å². The number of sulfonamides is 1. The van der Waals surface area contributed by atoms with E-state index in [1.807, 2.05) is 32.2 Å². The molecule has 53 heavy (non-hydrogen) atoms. The second kappa shape index (κ2) is 14.9. The summed E-state index contributed by atoms with van der Waals surface area (Å²) in [5, 5.41) is 8.07. The molecule has 0 bridgehead atoms. The first-order valence-corrected chi connectivity index (χ1v) is 18.9. The van der Waals surface area contributed by atoms with Crippen LogP contribution >= 0.6 is 0 Å². The third-order valence-electron chi connectivity index (χ3n) is 10.2. The molecule has 1 aliphatic carbocycles. The van der Waals surface area contributed by atoms with E-state index in [-0.39, 0.29) is 16.7 Å². The number of likely N-dealkylation sites (tertiary alicyclic amines) is 1. The van der Waals surface area contributed by atoms with E-state index in [1.54, 1.807) is 29.4 Å². The Hall–Kier alpha value is -4.83. The molecule has 2 aliphatic heterocycles. The molecule has 282 valence electrons. The van der Waals surface area contributed by atoms with E-state index in [2.05, 4.69) is 25.9 Å². The largest absolute Gasteiger partial charge is 0.490 e. The molecule has 3 aromatic heterocycles. The van der Waals surface area contributed by atoms with E-state index in [0.717, 1.165) is 84.3 Å². The van der Waals surface area contributed by atoms with Crippen molar-refractivity contribution in [3.63, 3.8) is 0 Å². The van der Waals surface area contributed by atoms with Crippen molar-refractivity contribution in [2.24, 2.45) is 0 Å². The highest BCUT2D eigenvalue weighted by molar-refractivity contribution is 7.92. The molecule has 2 fully saturated rings. The standard InChI is InChI=1S/C35H40N6O4S.C2HF3O2/c1-24-9-11-27(22-36-24)46(43,44)40(3)30-20-26(21-38-33(30)45-18-8-17-41-15-5-4-6-16-41)25-10-12-29-28(19-25)32-31(23-37-29)39(2)34(42)35(32)13-7-14-35;3-2(4,5)1(6)7/h9-12,19-23H,4-8,13-18H2,1-3H3;(H,6,7). The number of aromatic nitrogens is 3. The van der Waals surface area contributed by atoms with Crippen molar-refractivity contribution >= 4 is 44.2 Å². The lowest BCUT2D eigenvalue weighted by molar-refractivity contribution is -0.192. The summed E-state index contributed by atoms with van der Waals surface area (Å²) in [6.07, 6.45) is 7.07. The molecule has 7 rings (SSSR count). The molecule has 1 saturated carbocycles. The number of alkyl halides is 3. The van der Waals surface area contributed by atoms with Crippen molar-refractivity contribution in [1.82, 2.24) is 19.9 Å². The van der Waals surface area contributed by atoms with Crippen molar-refractivity contribution in [3.8, 4) is 17.0 Å². The topological polar surface area (TPSA) is 146 Å². The molecule has 1 spiro atoms. The van der Waals surface area contributed by atoms with Gasteiger partial charge in [0.1, 0.15) is 10.6 Å². The zero-order chi connectivity index (χ0) is 38.1. The van der Waals surface area contributed by atoms with Gasteiger partial charge in [0.15, 0.2) is 0 Å². The van der Waals surface area contributed by atoms with E-state index in [1.165, 1.54) is 36.8 Å². The average molecular weight is 755 g/mol. The SMILES string of the molecule is Cc1ccc(S(=O)(=O)N(C)c2cc(-c3ccc4ncc5c(c4c3)C3(CCC3)C(=O)N5C)cnc2OCCCN2CCCCC2)cn1.O=C(O)C(F)(F)F. The first-order valence-electron chi connectivity index (χ1n) is 17.4. The van der Waals surface area contributed by atoms with Gasteiger partial charge >= 0.3 is 12.1 Å². The maximum absolute atomic E-state index is 13.8. The lowest BCUT2D eigenvalue weighted by Gasteiger charge is -2.37. The Morgan fingerprint density at radius 2 is 1.70 bits per heavy atom. The quantitative estimate of drug-likeness (QED) is 0.199. The van der Waals surface area contributed by atoms with Crippen LogP contribution in [0.15, 0.2) is 59.9 Å². The van der Waals surface area contributed by atoms with Crippen molar-refractivity contribution in [2.75, 3.05) is 49.5 Å². The molecule has 16 heteroatoms. The molecule has 0 unspecified atom stereocenters. The predicted octanol–water partition coefficient (Wildman–Crippen LogP) is 6.11. The molecule has 4 aromatic rings. The Morgan fingerprint density at radius 1 is 0.981 bits per heavy atom. The number of carboxylic acids is 1. The number of nitrogens with zero attached hydrogens (tertiary/aromatic N) is 6. The molecule has 0 atom stereocenters. The van der Waals surface area contributed by atoms with Gasteiger partial charge in [0.25, 0.3) is 10.0 Å². The fourth-order valence-corrected chi connectivity index (χ4v) is 8.25. The number of aryl methyl sites for hydroxylation is 1. The number of likely N-dealkylation sites (N-methyl/N-ethyl adjacent to an activating group) is 1. The fraction of sp³-hybridized carbons (Fsp3) is 0.432. The average Bonchev–Trinajstić information content (AvgIpc) is 3.36. The van der Waals surface area contributed by atoms with E-state index >= 15 is 0 Å². The monoisotopic (exact) mass is 754 g/mol. The van der Waals surface area contributed by atoms with Crippen molar-refractivity contribution in [1.29, 1.82) is 0 Å². The highest BCUT2D eigenvalue weighted by Crippen LogP contribution is 2.55. The van der Waals surface area contributed by atoms with Crippen LogP contribution in [-0.2, 0) is 25.0 Å². The number of aliphatic carboxylic acids is 1. The minimum Gasteiger partial charge on any atom is -0.476 e. The number of carboxylic acid groups (broad SMARTS) is 1. The molecule has 3 aliphatic rings. The molecule has 1 aromatic carbocycles. The van der Waals surface area contributed by atoms with E-state index in [0.29, 0.717) is 12.3 Å². The maximum atomic E-state index is 13.8. The maximum Gasteiger partial charge on any atom is 0.490 e. The van der Waals surface area contributed by atoms with Gasteiger partial charge in [0.2, 0.25) is 11.8 Å². The summed E-state index contributed by atoms with van der Waals surface area (Å²) < 4.78 is 66.8. The lowest BCUT2D eigenvalue weighted by atomic mass is 9.64. The number of halogens is 3. The number of carbonyl (C=O) groups is 2. The highest BCUT2D eigenvalue weighted by atomic mass is 32.2. The third-order valence-corrected chi connectivity index (χ3v) is 12.0. The van der Waals surface area contributed by atoms with Crippen molar-refractivity contribution < 1.29 is 41.0 Å². The van der Waals surface area contributed by atoms with Gasteiger partial charge in [-0.2, -0.15) is 13.2 Å². The number of rotatable bonds is 9. The van der Waals surface area contributed by atoms with Gasteiger partial charge in [-0.3, -0.25) is 19.1 Å². The Bertz CT molecular complexity index is 2120. The number of hydrogen-bond donors (Lipinski definition) is 1. The van der Waals surface area contributed by atoms with Crippen LogP contribution in [0, 0.1) is 6.92 Å². The first kappa shape index (κ1) is 37.9. The number of ether oxygens (including phenoxy) is 1. The zero-order valence-electron chi connectivity index (χ0n) is 29.7. The van der Waals surface area contributed by atoms with Crippen LogP contribution in [0.1, 0.15) is 56.2 Å². The number of amides is 1. The van der Waals surface area contributed by atoms with Gasteiger partial charge < -0.3 is 19.6 Å². The Kier molecular flexibility index (Phi) is 10.7. The zero-order valence-corrected chi connectivity index (χ0v) is 30.5. The van der Waals surface area contributed by atoms with Crippen LogP contribution in [0.3, 0.4) is 0 Å². The van der Waals surface area contributed by atoms with Crippen LogP contribution in [0.25, 0.3) is 22.0 Å². The van der Waals surface area contributed by atoms with E-state index in [4.69, 9.17) is 14.6 Å². The third kappa shape index (κ3) is 7.51. The Labute approximate surface area is 305 Å². The molecule has 5 heterocycles. The second-order valence-corrected chi connectivity index (χ2v) is 15.6. The summed E-state index contributed by atoms with van der Waals surface area (Å²) >= 11 is 0. The summed E-state index contributed by atoms with van der Waals surface area (Å²) in [4.78, 5) is 40.1. The number of benzene rings is 1. The number of anilines is 2. The van der Waals surface area contributed by atoms with Gasteiger partial charge in [-0.25, -0.2) is 18.2 Å². The summed E-state index contributed by atoms with van der Waals surface area (Å²) in [6, 6.07) is 11.1. The molecule has 1 amide bonds. The molecular weight excluding hydrogens is 714 g/mol. The number of carbonyl (C=O) groups excluding carboxylic acids is 1. The summed E-state index contributed by atoms with van der Waals surface area (Å²) in [6.45, 7) is 5.40. The number of hydrogen-bond acceptors (Lipinski definition) is 9. The molecule has 0 radical (unpaired) electrons. The van der Waals surface area contributed by atoms with Gasteiger partial charge in [-0.05, 0) is 88.0 Å². The van der Waals surface area contributed by atoms with Gasteiger partial charge in [0.05, 0.1) is 29.4 Å². The van der Waals surface area contributed by atoms with E-state index in [9.17, 15) is 26.4 Å². The number of pyridine rings is 3. The Balaban J connectivity index is 0.000000626. The molecule has 12 nitrogen and oxygen atoms in total.